The minimum Gasteiger partial charge on any atom is -0.436 e. The van der Waals surface area contributed by atoms with Gasteiger partial charge in [-0.05, 0) is 93.4 Å². The van der Waals surface area contributed by atoms with Gasteiger partial charge < -0.3 is 9.32 Å². The molecule has 0 atom stereocenters. The van der Waals surface area contributed by atoms with Crippen molar-refractivity contribution in [3.8, 4) is 33.7 Å². The smallest absolute Gasteiger partial charge is 0.227 e. The molecule has 3 heteroatoms. The van der Waals surface area contributed by atoms with E-state index < -0.39 is 0 Å². The first-order valence-electron chi connectivity index (χ1n) is 16.1. The van der Waals surface area contributed by atoms with Crippen LogP contribution in [0.1, 0.15) is 25.0 Å². The van der Waals surface area contributed by atoms with Gasteiger partial charge in [-0.1, -0.05) is 117 Å². The number of hydrogen-bond donors (Lipinski definition) is 0. The van der Waals surface area contributed by atoms with Gasteiger partial charge in [0.15, 0.2) is 5.58 Å². The molecule has 224 valence electrons. The van der Waals surface area contributed by atoms with Crippen LogP contribution >= 0.6 is 0 Å². The number of anilines is 3. The number of rotatable bonds is 5. The van der Waals surface area contributed by atoms with Crippen LogP contribution in [0.25, 0.3) is 55.6 Å². The summed E-state index contributed by atoms with van der Waals surface area (Å²) >= 11 is 0. The van der Waals surface area contributed by atoms with Crippen LogP contribution in [0.15, 0.2) is 162 Å². The highest BCUT2D eigenvalue weighted by atomic mass is 16.3. The van der Waals surface area contributed by atoms with E-state index >= 15 is 0 Å². The Morgan fingerprint density at radius 1 is 0.511 bits per heavy atom. The van der Waals surface area contributed by atoms with E-state index in [1.54, 1.807) is 0 Å². The van der Waals surface area contributed by atoms with Crippen LogP contribution in [0.2, 0.25) is 0 Å². The van der Waals surface area contributed by atoms with E-state index in [1.165, 1.54) is 33.4 Å². The van der Waals surface area contributed by atoms with E-state index in [4.69, 9.17) is 9.40 Å². The Hall–Kier alpha value is -5.93. The monoisotopic (exact) mass is 604 g/mol. The van der Waals surface area contributed by atoms with Crippen molar-refractivity contribution in [2.75, 3.05) is 4.90 Å². The first-order valence-corrected chi connectivity index (χ1v) is 16.1. The van der Waals surface area contributed by atoms with Gasteiger partial charge in [0.1, 0.15) is 5.52 Å². The summed E-state index contributed by atoms with van der Waals surface area (Å²) in [5.74, 6) is 0.631. The van der Waals surface area contributed by atoms with Gasteiger partial charge in [0.2, 0.25) is 5.89 Å². The molecule has 0 amide bonds. The van der Waals surface area contributed by atoms with E-state index in [-0.39, 0.29) is 5.41 Å². The molecular weight excluding hydrogens is 572 g/mol. The lowest BCUT2D eigenvalue weighted by Crippen LogP contribution is -2.15. The molecule has 0 saturated heterocycles. The average molecular weight is 605 g/mol. The van der Waals surface area contributed by atoms with Gasteiger partial charge in [0.05, 0.1) is 0 Å². The largest absolute Gasteiger partial charge is 0.436 e. The molecule has 0 saturated carbocycles. The third-order valence-corrected chi connectivity index (χ3v) is 9.70. The second-order valence-electron chi connectivity index (χ2n) is 12.9. The first kappa shape index (κ1) is 27.4. The van der Waals surface area contributed by atoms with Crippen molar-refractivity contribution in [2.45, 2.75) is 19.3 Å². The molecule has 0 bridgehead atoms. The van der Waals surface area contributed by atoms with Crippen molar-refractivity contribution in [1.82, 2.24) is 4.98 Å². The maximum Gasteiger partial charge on any atom is 0.227 e. The van der Waals surface area contributed by atoms with Gasteiger partial charge in [0, 0.05) is 33.4 Å². The topological polar surface area (TPSA) is 29.3 Å². The summed E-state index contributed by atoms with van der Waals surface area (Å²) in [6.45, 7) is 4.65. The van der Waals surface area contributed by atoms with Crippen LogP contribution < -0.4 is 4.90 Å². The van der Waals surface area contributed by atoms with Crippen molar-refractivity contribution in [2.24, 2.45) is 0 Å². The zero-order chi connectivity index (χ0) is 31.5. The van der Waals surface area contributed by atoms with Crippen LogP contribution in [0.4, 0.5) is 17.1 Å². The fourth-order valence-corrected chi connectivity index (χ4v) is 7.27. The van der Waals surface area contributed by atoms with Crippen molar-refractivity contribution in [3.63, 3.8) is 0 Å². The maximum absolute atomic E-state index is 6.27. The highest BCUT2D eigenvalue weighted by molar-refractivity contribution is 6.06. The van der Waals surface area contributed by atoms with Crippen molar-refractivity contribution >= 4 is 38.9 Å². The molecule has 0 aliphatic heterocycles. The van der Waals surface area contributed by atoms with Crippen LogP contribution in [0.5, 0.6) is 0 Å². The predicted molar refractivity (Wildman–Crippen MR) is 195 cm³/mol. The van der Waals surface area contributed by atoms with Crippen LogP contribution in [-0.2, 0) is 5.41 Å². The SMILES string of the molecule is CC1(C)c2ccccc2-c2cc(N(c3ccc(-c4ccccc4)cc3)c3ccc4ccc5oc(-c6ccccc6)nc5c4c3)ccc21. The molecule has 0 unspecified atom stereocenters. The summed E-state index contributed by atoms with van der Waals surface area (Å²) in [5, 5.41) is 2.18. The zero-order valence-corrected chi connectivity index (χ0v) is 26.3. The van der Waals surface area contributed by atoms with Gasteiger partial charge >= 0.3 is 0 Å². The first-order chi connectivity index (χ1) is 23.0. The fourth-order valence-electron chi connectivity index (χ4n) is 7.27. The Morgan fingerprint density at radius 3 is 1.89 bits per heavy atom. The Balaban J connectivity index is 1.23. The number of oxazole rings is 1. The number of fused-ring (bicyclic) bond motifs is 6. The fraction of sp³-hybridized carbons (Fsp3) is 0.0682. The Kier molecular flexibility index (Phi) is 6.16. The molecule has 8 aromatic rings. The highest BCUT2D eigenvalue weighted by Gasteiger charge is 2.35. The van der Waals surface area contributed by atoms with Crippen molar-refractivity contribution < 1.29 is 4.42 Å². The molecular formula is C44H32N2O. The van der Waals surface area contributed by atoms with Gasteiger partial charge in [-0.25, -0.2) is 4.98 Å². The molecule has 1 aliphatic carbocycles. The van der Waals surface area contributed by atoms with Crippen LogP contribution in [0.3, 0.4) is 0 Å². The molecule has 1 aliphatic rings. The Bertz CT molecular complexity index is 2420. The van der Waals surface area contributed by atoms with Crippen molar-refractivity contribution in [3.05, 3.63) is 169 Å². The summed E-state index contributed by atoms with van der Waals surface area (Å²) in [5.41, 5.74) is 13.6. The lowest BCUT2D eigenvalue weighted by molar-refractivity contribution is 0.620. The number of aromatic nitrogens is 1. The lowest BCUT2D eigenvalue weighted by Gasteiger charge is -2.27. The third-order valence-electron chi connectivity index (χ3n) is 9.70. The van der Waals surface area contributed by atoms with Gasteiger partial charge in [-0.2, -0.15) is 0 Å². The Morgan fingerprint density at radius 2 is 1.11 bits per heavy atom. The van der Waals surface area contributed by atoms with Crippen LogP contribution in [-0.4, -0.2) is 4.98 Å². The summed E-state index contributed by atoms with van der Waals surface area (Å²) in [7, 11) is 0. The molecule has 47 heavy (non-hydrogen) atoms. The lowest BCUT2D eigenvalue weighted by atomic mass is 9.82. The predicted octanol–water partition coefficient (Wildman–Crippen LogP) is 12.1. The number of nitrogens with zero attached hydrogens (tertiary/aromatic N) is 2. The van der Waals surface area contributed by atoms with E-state index in [1.807, 2.05) is 36.4 Å². The zero-order valence-electron chi connectivity index (χ0n) is 26.3. The standard InChI is InChI=1S/C44H32N2O/c1-44(2)39-16-10-9-15-36(39)38-28-35(24-25-40(38)44)46(33-21-17-30(18-22-33)29-11-5-3-6-12-29)34-23-19-31-20-26-41-42(37(31)27-34)45-43(47-41)32-13-7-4-8-14-32/h3-28H,1-2H3. The Labute approximate surface area is 274 Å². The maximum atomic E-state index is 6.27. The van der Waals surface area contributed by atoms with E-state index in [0.29, 0.717) is 5.89 Å². The molecule has 9 rings (SSSR count). The van der Waals surface area contributed by atoms with Crippen LogP contribution in [0, 0.1) is 0 Å². The minimum atomic E-state index is -0.0510. The van der Waals surface area contributed by atoms with Gasteiger partial charge in [-0.15, -0.1) is 0 Å². The number of hydrogen-bond acceptors (Lipinski definition) is 3. The second-order valence-corrected chi connectivity index (χ2v) is 12.9. The van der Waals surface area contributed by atoms with Crippen molar-refractivity contribution in [1.29, 1.82) is 0 Å². The molecule has 0 fully saturated rings. The number of benzene rings is 7. The normalized spacial score (nSPS) is 13.1. The molecule has 0 spiro atoms. The summed E-state index contributed by atoms with van der Waals surface area (Å²) in [6, 6.07) is 56.1. The molecule has 7 aromatic carbocycles. The summed E-state index contributed by atoms with van der Waals surface area (Å²) in [6.07, 6.45) is 0. The second kappa shape index (κ2) is 10.6. The highest BCUT2D eigenvalue weighted by Crippen LogP contribution is 2.50. The molecule has 1 heterocycles. The van der Waals surface area contributed by atoms with E-state index in [0.717, 1.165) is 44.5 Å². The van der Waals surface area contributed by atoms with E-state index in [2.05, 4.69) is 140 Å². The summed E-state index contributed by atoms with van der Waals surface area (Å²) < 4.78 is 6.27. The molecule has 3 nitrogen and oxygen atoms in total. The van der Waals surface area contributed by atoms with Gasteiger partial charge in [0.25, 0.3) is 0 Å². The average Bonchev–Trinajstić information content (AvgIpc) is 3.67. The van der Waals surface area contributed by atoms with Gasteiger partial charge in [-0.3, -0.25) is 0 Å². The molecule has 0 radical (unpaired) electrons. The quantitative estimate of drug-likeness (QED) is 0.196. The third kappa shape index (κ3) is 4.46. The molecule has 1 aromatic heterocycles. The minimum absolute atomic E-state index is 0.0510. The summed E-state index contributed by atoms with van der Waals surface area (Å²) in [4.78, 5) is 7.37. The molecule has 0 N–H and O–H groups in total. The van der Waals surface area contributed by atoms with E-state index in [9.17, 15) is 0 Å².